The molecule has 0 aliphatic carbocycles. The van der Waals surface area contributed by atoms with Gasteiger partial charge in [0.2, 0.25) is 5.91 Å². The van der Waals surface area contributed by atoms with Gasteiger partial charge < -0.3 is 15.0 Å². The van der Waals surface area contributed by atoms with Crippen LogP contribution in [0.25, 0.3) is 0 Å². The van der Waals surface area contributed by atoms with Crippen molar-refractivity contribution in [1.29, 1.82) is 0 Å². The summed E-state index contributed by atoms with van der Waals surface area (Å²) in [6.45, 7) is 6.07. The number of hydrogen-bond acceptors (Lipinski definition) is 6. The lowest BCUT2D eigenvalue weighted by Gasteiger charge is -2.23. The molecular weight excluding hydrogens is 362 g/mol. The second-order valence-electron chi connectivity index (χ2n) is 6.04. The van der Waals surface area contributed by atoms with Crippen LogP contribution >= 0.6 is 0 Å². The van der Waals surface area contributed by atoms with Gasteiger partial charge in [0.15, 0.2) is 0 Å². The smallest absolute Gasteiger partial charge is 0.338 e. The predicted octanol–water partition coefficient (Wildman–Crippen LogP) is 3.54. The highest BCUT2D eigenvalue weighted by Gasteiger charge is 2.17. The molecule has 1 amide bonds. The first kappa shape index (κ1) is 20.9. The number of nitrogens with one attached hydrogen (secondary N) is 1. The zero-order valence-electron chi connectivity index (χ0n) is 16.1. The van der Waals surface area contributed by atoms with Crippen molar-refractivity contribution >= 4 is 28.9 Å². The van der Waals surface area contributed by atoms with Gasteiger partial charge in [0, 0.05) is 18.3 Å². The summed E-state index contributed by atoms with van der Waals surface area (Å²) in [6.07, 6.45) is 0. The standard InChI is InChI=1S/C20H23N3O5/c1-4-22(16-9-6-8-15(12-16)20(25)28-5-2)13-19(24)21-17-10-7-11-18(14(17)3)23(26)27/h6-12H,4-5,13H2,1-3H3,(H,21,24). The van der Waals surface area contributed by atoms with Gasteiger partial charge in [-0.25, -0.2) is 4.79 Å². The van der Waals surface area contributed by atoms with E-state index in [2.05, 4.69) is 5.32 Å². The molecule has 0 spiro atoms. The zero-order valence-corrected chi connectivity index (χ0v) is 16.1. The van der Waals surface area contributed by atoms with Gasteiger partial charge in [-0.3, -0.25) is 14.9 Å². The Morgan fingerprint density at radius 2 is 1.89 bits per heavy atom. The maximum absolute atomic E-state index is 12.5. The van der Waals surface area contributed by atoms with E-state index in [1.807, 2.05) is 6.92 Å². The number of likely N-dealkylation sites (N-methyl/N-ethyl adjacent to an activating group) is 1. The molecule has 28 heavy (non-hydrogen) atoms. The Kier molecular flexibility index (Phi) is 7.08. The van der Waals surface area contributed by atoms with Crippen LogP contribution in [0.5, 0.6) is 0 Å². The SMILES string of the molecule is CCOC(=O)c1cccc(N(CC)CC(=O)Nc2cccc([N+](=O)[O-])c2C)c1. The molecule has 2 aromatic carbocycles. The lowest BCUT2D eigenvalue weighted by atomic mass is 10.1. The second-order valence-corrected chi connectivity index (χ2v) is 6.04. The van der Waals surface area contributed by atoms with Crippen molar-refractivity contribution in [1.82, 2.24) is 0 Å². The quantitative estimate of drug-likeness (QED) is 0.424. The Bertz CT molecular complexity index is 882. The van der Waals surface area contributed by atoms with Gasteiger partial charge in [-0.2, -0.15) is 0 Å². The molecule has 0 heterocycles. The number of hydrogen-bond donors (Lipinski definition) is 1. The molecule has 0 atom stereocenters. The Hall–Kier alpha value is -3.42. The second kappa shape index (κ2) is 9.50. The van der Waals surface area contributed by atoms with E-state index in [4.69, 9.17) is 4.74 Å². The lowest BCUT2D eigenvalue weighted by Crippen LogP contribution is -2.33. The lowest BCUT2D eigenvalue weighted by molar-refractivity contribution is -0.385. The summed E-state index contributed by atoms with van der Waals surface area (Å²) in [6, 6.07) is 11.4. The summed E-state index contributed by atoms with van der Waals surface area (Å²) in [4.78, 5) is 36.8. The number of nitro benzene ring substituents is 1. The molecule has 0 aliphatic heterocycles. The number of esters is 1. The molecule has 8 nitrogen and oxygen atoms in total. The highest BCUT2D eigenvalue weighted by molar-refractivity contribution is 5.95. The monoisotopic (exact) mass is 385 g/mol. The van der Waals surface area contributed by atoms with Crippen molar-refractivity contribution in [2.45, 2.75) is 20.8 Å². The first-order valence-corrected chi connectivity index (χ1v) is 8.93. The van der Waals surface area contributed by atoms with E-state index in [-0.39, 0.29) is 24.7 Å². The maximum Gasteiger partial charge on any atom is 0.338 e. The summed E-state index contributed by atoms with van der Waals surface area (Å²) in [5, 5.41) is 13.8. The fourth-order valence-electron chi connectivity index (χ4n) is 2.75. The number of nitrogens with zero attached hydrogens (tertiary/aromatic N) is 2. The Labute approximate surface area is 163 Å². The molecule has 2 aromatic rings. The van der Waals surface area contributed by atoms with Gasteiger partial charge in [-0.15, -0.1) is 0 Å². The summed E-state index contributed by atoms with van der Waals surface area (Å²) >= 11 is 0. The number of ether oxygens (including phenoxy) is 1. The van der Waals surface area contributed by atoms with Gasteiger partial charge in [-0.1, -0.05) is 12.1 Å². The molecule has 0 unspecified atom stereocenters. The van der Waals surface area contributed by atoms with Gasteiger partial charge in [0.1, 0.15) is 0 Å². The number of carbonyl (C=O) groups is 2. The van der Waals surface area contributed by atoms with Crippen molar-refractivity contribution < 1.29 is 19.2 Å². The van der Waals surface area contributed by atoms with Crippen molar-refractivity contribution in [3.63, 3.8) is 0 Å². The fraction of sp³-hybridized carbons (Fsp3) is 0.300. The molecular formula is C20H23N3O5. The van der Waals surface area contributed by atoms with Crippen LogP contribution < -0.4 is 10.2 Å². The van der Waals surface area contributed by atoms with Crippen LogP contribution in [-0.4, -0.2) is 36.5 Å². The van der Waals surface area contributed by atoms with E-state index in [9.17, 15) is 19.7 Å². The van der Waals surface area contributed by atoms with Gasteiger partial charge in [-0.05, 0) is 45.0 Å². The van der Waals surface area contributed by atoms with E-state index in [1.54, 1.807) is 49.1 Å². The molecule has 0 saturated heterocycles. The van der Waals surface area contributed by atoms with E-state index in [1.165, 1.54) is 12.1 Å². The minimum atomic E-state index is -0.482. The number of amides is 1. The van der Waals surface area contributed by atoms with Crippen molar-refractivity contribution in [3.8, 4) is 0 Å². The molecule has 0 fully saturated rings. The number of nitro groups is 1. The Balaban J connectivity index is 2.14. The average molecular weight is 385 g/mol. The van der Waals surface area contributed by atoms with Crippen LogP contribution in [0.3, 0.4) is 0 Å². The predicted molar refractivity (Wildman–Crippen MR) is 107 cm³/mol. The molecule has 0 saturated carbocycles. The van der Waals surface area contributed by atoms with Gasteiger partial charge in [0.05, 0.1) is 34.9 Å². The first-order chi connectivity index (χ1) is 13.4. The van der Waals surface area contributed by atoms with Crippen LogP contribution in [0.4, 0.5) is 17.1 Å². The number of benzene rings is 2. The fourth-order valence-corrected chi connectivity index (χ4v) is 2.75. The van der Waals surface area contributed by atoms with E-state index in [0.717, 1.165) is 0 Å². The molecule has 0 radical (unpaired) electrons. The van der Waals surface area contributed by atoms with E-state index < -0.39 is 10.9 Å². The van der Waals surface area contributed by atoms with Crippen molar-refractivity contribution in [3.05, 3.63) is 63.7 Å². The molecule has 148 valence electrons. The van der Waals surface area contributed by atoms with Crippen LogP contribution in [0.15, 0.2) is 42.5 Å². The molecule has 0 aromatic heterocycles. The number of anilines is 2. The van der Waals surface area contributed by atoms with Crippen LogP contribution in [-0.2, 0) is 9.53 Å². The maximum atomic E-state index is 12.5. The van der Waals surface area contributed by atoms with Crippen LogP contribution in [0, 0.1) is 17.0 Å². The summed E-state index contributed by atoms with van der Waals surface area (Å²) < 4.78 is 5.01. The van der Waals surface area contributed by atoms with E-state index in [0.29, 0.717) is 29.0 Å². The van der Waals surface area contributed by atoms with Crippen molar-refractivity contribution in [2.75, 3.05) is 29.9 Å². The summed E-state index contributed by atoms with van der Waals surface area (Å²) in [5.41, 5.74) is 1.86. The van der Waals surface area contributed by atoms with Gasteiger partial charge in [0.25, 0.3) is 5.69 Å². The Morgan fingerprint density at radius 3 is 2.54 bits per heavy atom. The third kappa shape index (κ3) is 5.06. The number of carbonyl (C=O) groups excluding carboxylic acids is 2. The summed E-state index contributed by atoms with van der Waals surface area (Å²) in [5.74, 6) is -0.732. The normalized spacial score (nSPS) is 10.2. The van der Waals surface area contributed by atoms with Crippen LogP contribution in [0.2, 0.25) is 0 Å². The topological polar surface area (TPSA) is 102 Å². The highest BCUT2D eigenvalue weighted by atomic mass is 16.6. The molecule has 2 rings (SSSR count). The van der Waals surface area contributed by atoms with Crippen LogP contribution in [0.1, 0.15) is 29.8 Å². The summed E-state index contributed by atoms with van der Waals surface area (Å²) in [7, 11) is 0. The minimum Gasteiger partial charge on any atom is -0.462 e. The van der Waals surface area contributed by atoms with E-state index >= 15 is 0 Å². The third-order valence-electron chi connectivity index (χ3n) is 4.21. The molecule has 8 heteroatoms. The third-order valence-corrected chi connectivity index (χ3v) is 4.21. The van der Waals surface area contributed by atoms with Gasteiger partial charge >= 0.3 is 5.97 Å². The highest BCUT2D eigenvalue weighted by Crippen LogP contribution is 2.25. The average Bonchev–Trinajstić information content (AvgIpc) is 2.67. The first-order valence-electron chi connectivity index (χ1n) is 8.93. The molecule has 0 aliphatic rings. The zero-order chi connectivity index (χ0) is 20.7. The Morgan fingerprint density at radius 1 is 1.18 bits per heavy atom. The van der Waals surface area contributed by atoms with Crippen molar-refractivity contribution in [2.24, 2.45) is 0 Å². The molecule has 0 bridgehead atoms. The number of rotatable bonds is 8. The minimum absolute atomic E-state index is 0.0326. The largest absolute Gasteiger partial charge is 0.462 e. The molecule has 1 N–H and O–H groups in total.